The zero-order valence-electron chi connectivity index (χ0n) is 24.6. The predicted molar refractivity (Wildman–Crippen MR) is 162 cm³/mol. The first-order valence-corrected chi connectivity index (χ1v) is 14.9. The van der Waals surface area contributed by atoms with Crippen molar-refractivity contribution < 1.29 is 28.1 Å². The minimum atomic E-state index is -0.856. The minimum Gasteiger partial charge on any atom is -0.508 e. The summed E-state index contributed by atoms with van der Waals surface area (Å²) in [5.41, 5.74) is -0.521. The lowest BCUT2D eigenvalue weighted by Gasteiger charge is -2.33. The molecule has 3 aliphatic heterocycles. The highest BCUT2D eigenvalue weighted by Gasteiger charge is 2.45. The van der Waals surface area contributed by atoms with E-state index in [0.29, 0.717) is 18.5 Å². The van der Waals surface area contributed by atoms with E-state index in [1.54, 1.807) is 0 Å². The van der Waals surface area contributed by atoms with Gasteiger partial charge in [-0.1, -0.05) is 12.0 Å². The standard InChI is InChI=1S/C33H30F2N6O4/c1-3-22-24(34)7-6-19-14-20(42)15-23(25(19)22)28-27(35)29-26(31(37-28)43-2)30(40-12-13-44-21(16-36)17-40)39-32(38-29)45-18-33-8-4-10-41(33)11-5-9-33/h1,6-7,14-15,21,42H,4-5,8-13,17-18H2,2H3. The Kier molecular flexibility index (Phi) is 7.27. The molecule has 0 radical (unpaired) electrons. The van der Waals surface area contributed by atoms with Crippen LogP contribution in [0.3, 0.4) is 0 Å². The van der Waals surface area contributed by atoms with Gasteiger partial charge in [-0.15, -0.1) is 6.42 Å². The first kappa shape index (κ1) is 29.0. The van der Waals surface area contributed by atoms with Crippen molar-refractivity contribution in [1.29, 1.82) is 5.26 Å². The fourth-order valence-electron chi connectivity index (χ4n) is 7.06. The Labute approximate surface area is 258 Å². The van der Waals surface area contributed by atoms with E-state index >= 15 is 4.39 Å². The molecule has 10 nitrogen and oxygen atoms in total. The summed E-state index contributed by atoms with van der Waals surface area (Å²) in [6, 6.07) is 7.45. The molecule has 12 heteroatoms. The number of methoxy groups -OCH3 is 1. The van der Waals surface area contributed by atoms with Gasteiger partial charge in [0.05, 0.1) is 37.4 Å². The van der Waals surface area contributed by atoms with Gasteiger partial charge < -0.3 is 24.2 Å². The number of ether oxygens (including phenoxy) is 3. The van der Waals surface area contributed by atoms with E-state index < -0.39 is 17.7 Å². The van der Waals surface area contributed by atoms with Crippen LogP contribution in [0.5, 0.6) is 17.6 Å². The average molecular weight is 613 g/mol. The van der Waals surface area contributed by atoms with Crippen LogP contribution in [0.4, 0.5) is 14.6 Å². The number of halogens is 2. The van der Waals surface area contributed by atoms with Gasteiger partial charge >= 0.3 is 6.01 Å². The number of morpholine rings is 1. The Morgan fingerprint density at radius 3 is 2.67 bits per heavy atom. The average Bonchev–Trinajstić information content (AvgIpc) is 3.64. The zero-order chi connectivity index (χ0) is 31.3. The Hall–Kier alpha value is -4.78. The van der Waals surface area contributed by atoms with Gasteiger partial charge in [0.1, 0.15) is 40.6 Å². The van der Waals surface area contributed by atoms with Crippen molar-refractivity contribution in [3.05, 3.63) is 41.5 Å². The van der Waals surface area contributed by atoms with Gasteiger partial charge in [0.2, 0.25) is 5.88 Å². The second kappa shape index (κ2) is 11.3. The molecule has 3 saturated heterocycles. The van der Waals surface area contributed by atoms with E-state index in [9.17, 15) is 14.8 Å². The number of hydrogen-bond acceptors (Lipinski definition) is 10. The lowest BCUT2D eigenvalue weighted by molar-refractivity contribution is 0.0760. The number of rotatable bonds is 6. The number of hydrogen-bond donors (Lipinski definition) is 1. The number of phenolic OH excluding ortho intramolecular Hbond substituents is 1. The Balaban J connectivity index is 1.44. The minimum absolute atomic E-state index is 0.00513. The molecule has 0 aliphatic carbocycles. The normalized spacial score (nSPS) is 19.4. The Bertz CT molecular complexity index is 1910. The Morgan fingerprint density at radius 1 is 1.13 bits per heavy atom. The highest BCUT2D eigenvalue weighted by molar-refractivity contribution is 6.04. The van der Waals surface area contributed by atoms with E-state index in [4.69, 9.17) is 25.6 Å². The summed E-state index contributed by atoms with van der Waals surface area (Å²) in [4.78, 5) is 18.0. The molecule has 1 N–H and O–H groups in total. The molecular weight excluding hydrogens is 582 g/mol. The third kappa shape index (κ3) is 4.82. The molecule has 5 heterocycles. The van der Waals surface area contributed by atoms with Crippen molar-refractivity contribution in [2.45, 2.75) is 37.3 Å². The monoisotopic (exact) mass is 612 g/mol. The maximum absolute atomic E-state index is 16.9. The molecule has 3 fully saturated rings. The summed E-state index contributed by atoms with van der Waals surface area (Å²) in [6.07, 6.45) is 9.11. The number of nitriles is 1. The van der Waals surface area contributed by atoms with Gasteiger partial charge in [-0.3, -0.25) is 4.90 Å². The van der Waals surface area contributed by atoms with Crippen LogP contribution >= 0.6 is 0 Å². The predicted octanol–water partition coefficient (Wildman–Crippen LogP) is 4.55. The van der Waals surface area contributed by atoms with Gasteiger partial charge in [0, 0.05) is 17.5 Å². The molecule has 1 unspecified atom stereocenters. The summed E-state index contributed by atoms with van der Waals surface area (Å²) < 4.78 is 49.3. The van der Waals surface area contributed by atoms with Crippen molar-refractivity contribution in [2.75, 3.05) is 51.4 Å². The maximum atomic E-state index is 16.9. The lowest BCUT2D eigenvalue weighted by atomic mass is 9.95. The van der Waals surface area contributed by atoms with Gasteiger partial charge in [0.25, 0.3) is 0 Å². The zero-order valence-corrected chi connectivity index (χ0v) is 24.6. The molecule has 3 aliphatic rings. The molecule has 1 atom stereocenters. The van der Waals surface area contributed by atoms with Gasteiger partial charge in [-0.05, 0) is 62.4 Å². The summed E-state index contributed by atoms with van der Waals surface area (Å²) in [7, 11) is 1.39. The molecule has 2 aromatic heterocycles. The van der Waals surface area contributed by atoms with Crippen LogP contribution in [0.2, 0.25) is 0 Å². The fourth-order valence-corrected chi connectivity index (χ4v) is 7.06. The SMILES string of the molecule is C#Cc1c(F)ccc2cc(O)cc(-c3nc(OC)c4c(N5CCOC(C#N)C5)nc(OCC56CCCN5CCC6)nc4c3F)c12. The van der Waals surface area contributed by atoms with Crippen molar-refractivity contribution >= 4 is 27.5 Å². The number of aromatic nitrogens is 3. The number of pyridine rings is 1. The molecule has 0 bridgehead atoms. The number of aromatic hydroxyl groups is 1. The first-order valence-electron chi connectivity index (χ1n) is 14.9. The third-order valence-corrected chi connectivity index (χ3v) is 9.15. The van der Waals surface area contributed by atoms with E-state index in [-0.39, 0.29) is 75.3 Å². The third-order valence-electron chi connectivity index (χ3n) is 9.15. The van der Waals surface area contributed by atoms with Crippen LogP contribution in [0.25, 0.3) is 32.9 Å². The van der Waals surface area contributed by atoms with Crippen LogP contribution in [-0.2, 0) is 4.74 Å². The van der Waals surface area contributed by atoms with Crippen LogP contribution in [0.15, 0.2) is 24.3 Å². The number of terminal acetylenes is 1. The first-order chi connectivity index (χ1) is 21.9. The van der Waals surface area contributed by atoms with Gasteiger partial charge in [0.15, 0.2) is 11.9 Å². The molecule has 45 heavy (non-hydrogen) atoms. The van der Waals surface area contributed by atoms with Crippen molar-refractivity contribution in [2.24, 2.45) is 0 Å². The molecular formula is C33H30F2N6O4. The summed E-state index contributed by atoms with van der Waals surface area (Å²) in [5.74, 6) is 0.923. The van der Waals surface area contributed by atoms with Crippen LogP contribution in [0, 0.1) is 35.3 Å². The van der Waals surface area contributed by atoms with E-state index in [1.165, 1.54) is 31.4 Å². The largest absolute Gasteiger partial charge is 0.508 e. The summed E-state index contributed by atoms with van der Waals surface area (Å²) in [6.45, 7) is 3.17. The second-order valence-electron chi connectivity index (χ2n) is 11.6. The maximum Gasteiger partial charge on any atom is 0.319 e. The smallest absolute Gasteiger partial charge is 0.319 e. The van der Waals surface area contributed by atoms with Crippen LogP contribution < -0.4 is 14.4 Å². The van der Waals surface area contributed by atoms with Crippen molar-refractivity contribution in [3.63, 3.8) is 0 Å². The van der Waals surface area contributed by atoms with Gasteiger partial charge in [-0.25, -0.2) is 13.8 Å². The van der Waals surface area contributed by atoms with E-state index in [2.05, 4.69) is 26.9 Å². The molecule has 230 valence electrons. The molecule has 2 aromatic carbocycles. The second-order valence-corrected chi connectivity index (χ2v) is 11.6. The number of anilines is 1. The summed E-state index contributed by atoms with van der Waals surface area (Å²) in [5, 5.41) is 20.9. The van der Waals surface area contributed by atoms with Crippen molar-refractivity contribution in [3.8, 4) is 47.3 Å². The quantitative estimate of drug-likeness (QED) is 0.311. The Morgan fingerprint density at radius 2 is 1.93 bits per heavy atom. The van der Waals surface area contributed by atoms with E-state index in [1.807, 2.05) is 4.90 Å². The number of fused-ring (bicyclic) bond motifs is 3. The lowest BCUT2D eigenvalue weighted by Crippen LogP contribution is -2.44. The highest BCUT2D eigenvalue weighted by atomic mass is 19.1. The molecule has 4 aromatic rings. The van der Waals surface area contributed by atoms with Crippen LogP contribution in [-0.4, -0.2) is 83.1 Å². The van der Waals surface area contributed by atoms with E-state index in [0.717, 1.165) is 38.8 Å². The highest BCUT2D eigenvalue weighted by Crippen LogP contribution is 2.43. The molecule has 7 rings (SSSR count). The van der Waals surface area contributed by atoms with Crippen molar-refractivity contribution in [1.82, 2.24) is 19.9 Å². The summed E-state index contributed by atoms with van der Waals surface area (Å²) >= 11 is 0. The molecule has 0 saturated carbocycles. The number of benzene rings is 2. The topological polar surface area (TPSA) is 117 Å². The number of phenols is 1. The fraction of sp³-hybridized carbons (Fsp3) is 0.394. The molecule has 0 amide bonds. The number of nitrogens with zero attached hydrogens (tertiary/aromatic N) is 6. The van der Waals surface area contributed by atoms with Gasteiger partial charge in [-0.2, -0.15) is 15.2 Å². The van der Waals surface area contributed by atoms with Crippen LogP contribution in [0.1, 0.15) is 31.2 Å². The molecule has 0 spiro atoms.